The molecule has 0 aliphatic heterocycles. The first-order chi connectivity index (χ1) is 11.5. The molecule has 0 saturated carbocycles. The maximum Gasteiger partial charge on any atom is 0.298 e. The molecule has 3 aromatic heterocycles. The summed E-state index contributed by atoms with van der Waals surface area (Å²) < 4.78 is 6.61. The van der Waals surface area contributed by atoms with E-state index < -0.39 is 0 Å². The maximum atomic E-state index is 12.6. The van der Waals surface area contributed by atoms with Crippen LogP contribution in [0.15, 0.2) is 33.8 Å². The molecular weight excluding hydrogens is 306 g/mol. The molecule has 0 spiro atoms. The van der Waals surface area contributed by atoms with Gasteiger partial charge in [0, 0.05) is 25.0 Å². The zero-order valence-corrected chi connectivity index (χ0v) is 14.4. The Balaban J connectivity index is 1.94. The van der Waals surface area contributed by atoms with E-state index in [9.17, 15) is 4.79 Å². The minimum Gasteiger partial charge on any atom is -0.360 e. The minimum atomic E-state index is -0.232. The van der Waals surface area contributed by atoms with Crippen LogP contribution in [0.25, 0.3) is 10.9 Å². The summed E-state index contributed by atoms with van der Waals surface area (Å²) >= 11 is 0. The van der Waals surface area contributed by atoms with Crippen molar-refractivity contribution in [2.24, 2.45) is 0 Å². The lowest BCUT2D eigenvalue weighted by Gasteiger charge is -2.26. The molecule has 0 atom stereocenters. The average Bonchev–Trinajstić information content (AvgIpc) is 2.95. The number of hydrogen-bond donors (Lipinski definition) is 0. The van der Waals surface area contributed by atoms with Gasteiger partial charge in [-0.25, -0.2) is 4.68 Å². The molecule has 0 amide bonds. The van der Waals surface area contributed by atoms with Gasteiger partial charge in [-0.2, -0.15) is 5.10 Å². The zero-order valence-electron chi connectivity index (χ0n) is 14.4. The Morgan fingerprint density at radius 3 is 2.79 bits per heavy atom. The first-order valence-corrected chi connectivity index (χ1v) is 7.94. The summed E-state index contributed by atoms with van der Waals surface area (Å²) in [6.07, 6.45) is 3.58. The zero-order chi connectivity index (χ0) is 17.3. The van der Waals surface area contributed by atoms with Gasteiger partial charge in [-0.05, 0) is 39.3 Å². The molecule has 7 heteroatoms. The second-order valence-electron chi connectivity index (χ2n) is 6.20. The largest absolute Gasteiger partial charge is 0.360 e. The van der Waals surface area contributed by atoms with Crippen LogP contribution in [0.1, 0.15) is 30.9 Å². The van der Waals surface area contributed by atoms with Crippen molar-refractivity contribution >= 4 is 10.9 Å². The topological polar surface area (TPSA) is 77.1 Å². The van der Waals surface area contributed by atoms with E-state index in [2.05, 4.69) is 34.0 Å². The summed E-state index contributed by atoms with van der Waals surface area (Å²) in [4.78, 5) is 18.9. The van der Waals surface area contributed by atoms with Crippen LogP contribution in [0.3, 0.4) is 0 Å². The number of hydrogen-bond acceptors (Lipinski definition) is 6. The molecular formula is C17H21N5O2. The van der Waals surface area contributed by atoms with E-state index in [0.29, 0.717) is 29.9 Å². The van der Waals surface area contributed by atoms with Crippen LogP contribution in [-0.4, -0.2) is 30.9 Å². The van der Waals surface area contributed by atoms with Gasteiger partial charge in [0.2, 0.25) is 0 Å². The molecule has 3 aromatic rings. The summed E-state index contributed by atoms with van der Waals surface area (Å²) in [5.41, 5.74) is 1.94. The van der Waals surface area contributed by atoms with Crippen LogP contribution in [0, 0.1) is 13.8 Å². The highest BCUT2D eigenvalue weighted by atomic mass is 16.5. The van der Waals surface area contributed by atoms with E-state index in [1.807, 2.05) is 25.3 Å². The van der Waals surface area contributed by atoms with Crippen LogP contribution in [0.2, 0.25) is 0 Å². The highest BCUT2D eigenvalue weighted by Crippen LogP contribution is 2.17. The number of rotatable bonds is 5. The second-order valence-corrected chi connectivity index (χ2v) is 6.20. The van der Waals surface area contributed by atoms with Gasteiger partial charge in [-0.15, -0.1) is 0 Å². The van der Waals surface area contributed by atoms with Gasteiger partial charge in [-0.1, -0.05) is 11.2 Å². The predicted octanol–water partition coefficient (Wildman–Crippen LogP) is 2.26. The van der Waals surface area contributed by atoms with E-state index in [0.717, 1.165) is 11.3 Å². The van der Waals surface area contributed by atoms with Gasteiger partial charge >= 0.3 is 0 Å². The molecule has 0 saturated heterocycles. The molecule has 0 aliphatic carbocycles. The third-order valence-corrected chi connectivity index (χ3v) is 4.09. The van der Waals surface area contributed by atoms with Crippen molar-refractivity contribution in [3.05, 3.63) is 51.9 Å². The molecule has 0 radical (unpaired) electrons. The van der Waals surface area contributed by atoms with E-state index in [1.165, 1.54) is 4.68 Å². The lowest BCUT2D eigenvalue weighted by molar-refractivity contribution is 0.151. The number of aryl methyl sites for hydroxylation is 2. The molecule has 0 unspecified atom stereocenters. The Bertz CT molecular complexity index is 898. The quantitative estimate of drug-likeness (QED) is 0.715. The first-order valence-electron chi connectivity index (χ1n) is 7.94. The molecule has 7 nitrogen and oxygen atoms in total. The number of fused-ring (bicyclic) bond motifs is 1. The van der Waals surface area contributed by atoms with Crippen molar-refractivity contribution < 1.29 is 4.52 Å². The van der Waals surface area contributed by atoms with Crippen molar-refractivity contribution in [2.75, 3.05) is 0 Å². The van der Waals surface area contributed by atoms with Gasteiger partial charge in [0.05, 0.1) is 17.7 Å². The molecule has 0 aromatic carbocycles. The summed E-state index contributed by atoms with van der Waals surface area (Å²) in [5.74, 6) is 0.621. The van der Waals surface area contributed by atoms with E-state index in [1.54, 1.807) is 13.1 Å². The van der Waals surface area contributed by atoms with E-state index >= 15 is 0 Å². The van der Waals surface area contributed by atoms with Crippen LogP contribution in [0.5, 0.6) is 0 Å². The van der Waals surface area contributed by atoms with Crippen molar-refractivity contribution in [3.63, 3.8) is 0 Å². The summed E-state index contributed by atoms with van der Waals surface area (Å²) in [6, 6.07) is 4.18. The first kappa shape index (κ1) is 16.3. The Morgan fingerprint density at radius 2 is 2.12 bits per heavy atom. The van der Waals surface area contributed by atoms with Crippen LogP contribution < -0.4 is 5.56 Å². The maximum absolute atomic E-state index is 12.6. The van der Waals surface area contributed by atoms with Gasteiger partial charge in [0.15, 0.2) is 5.52 Å². The second kappa shape index (κ2) is 6.52. The van der Waals surface area contributed by atoms with Crippen LogP contribution in [0.4, 0.5) is 0 Å². The fourth-order valence-electron chi connectivity index (χ4n) is 2.73. The molecule has 0 bridgehead atoms. The Morgan fingerprint density at radius 1 is 1.33 bits per heavy atom. The number of pyridine rings is 1. The normalized spacial score (nSPS) is 11.8. The number of aromatic nitrogens is 4. The standard InChI is InChI=1S/C17H21N5O2/c1-11(2)21(9-14-6-5-7-18-8-14)10-22-17(23)16-15(12(3)19-22)13(4)24-20-16/h5-8,11H,9-10H2,1-4H3. The highest BCUT2D eigenvalue weighted by molar-refractivity contribution is 5.81. The Kier molecular flexibility index (Phi) is 4.44. The fourth-order valence-corrected chi connectivity index (χ4v) is 2.73. The van der Waals surface area contributed by atoms with Crippen LogP contribution in [-0.2, 0) is 13.2 Å². The average molecular weight is 327 g/mol. The molecule has 0 aliphatic rings. The van der Waals surface area contributed by atoms with Gasteiger partial charge in [0.25, 0.3) is 5.56 Å². The number of nitrogens with zero attached hydrogens (tertiary/aromatic N) is 5. The van der Waals surface area contributed by atoms with Crippen molar-refractivity contribution in [1.82, 2.24) is 24.8 Å². The van der Waals surface area contributed by atoms with Crippen LogP contribution >= 0.6 is 0 Å². The SMILES string of the molecule is Cc1nn(CN(Cc2cccnc2)C(C)C)c(=O)c2noc(C)c12. The Labute approximate surface area is 139 Å². The van der Waals surface area contributed by atoms with E-state index in [-0.39, 0.29) is 11.6 Å². The minimum absolute atomic E-state index is 0.232. The molecule has 3 rings (SSSR count). The van der Waals surface area contributed by atoms with E-state index in [4.69, 9.17) is 4.52 Å². The molecule has 0 fully saturated rings. The van der Waals surface area contributed by atoms with Gasteiger partial charge < -0.3 is 4.52 Å². The highest BCUT2D eigenvalue weighted by Gasteiger charge is 2.18. The Hall–Kier alpha value is -2.54. The lowest BCUT2D eigenvalue weighted by atomic mass is 10.2. The third kappa shape index (κ3) is 3.07. The third-order valence-electron chi connectivity index (χ3n) is 4.09. The summed E-state index contributed by atoms with van der Waals surface area (Å²) in [5, 5.41) is 9.05. The summed E-state index contributed by atoms with van der Waals surface area (Å²) in [7, 11) is 0. The summed E-state index contributed by atoms with van der Waals surface area (Å²) in [6.45, 7) is 8.91. The van der Waals surface area contributed by atoms with Gasteiger partial charge in [0.1, 0.15) is 5.76 Å². The smallest absolute Gasteiger partial charge is 0.298 e. The molecule has 3 heterocycles. The molecule has 126 valence electrons. The predicted molar refractivity (Wildman–Crippen MR) is 90.5 cm³/mol. The van der Waals surface area contributed by atoms with Crippen molar-refractivity contribution in [1.29, 1.82) is 0 Å². The molecule has 24 heavy (non-hydrogen) atoms. The van der Waals surface area contributed by atoms with Crippen molar-refractivity contribution in [2.45, 2.75) is 47.0 Å². The molecule has 0 N–H and O–H groups in total. The monoisotopic (exact) mass is 327 g/mol. The van der Waals surface area contributed by atoms with Crippen molar-refractivity contribution in [3.8, 4) is 0 Å². The van der Waals surface area contributed by atoms with Gasteiger partial charge in [-0.3, -0.25) is 14.7 Å². The fraction of sp³-hybridized carbons (Fsp3) is 0.412. The lowest BCUT2D eigenvalue weighted by Crippen LogP contribution is -2.37.